The molecule has 0 aromatic heterocycles. The van der Waals surface area contributed by atoms with Crippen molar-refractivity contribution in [3.8, 4) is 0 Å². The number of nitrogens with one attached hydrogen (secondary N) is 2. The quantitative estimate of drug-likeness (QED) is 0.302. The molecule has 1 fully saturated rings. The number of aliphatic carboxylic acids is 1. The second-order valence-electron chi connectivity index (χ2n) is 5.35. The van der Waals surface area contributed by atoms with Gasteiger partial charge in [-0.05, 0) is 12.8 Å². The Morgan fingerprint density at radius 2 is 1.83 bits per heavy atom. The van der Waals surface area contributed by atoms with E-state index in [1.54, 1.807) is 0 Å². The van der Waals surface area contributed by atoms with Gasteiger partial charge in [0.15, 0.2) is 0 Å². The smallest absolute Gasteiger partial charge is 0.322 e. The summed E-state index contributed by atoms with van der Waals surface area (Å²) in [6.45, 7) is -0.586. The van der Waals surface area contributed by atoms with E-state index in [0.29, 0.717) is 19.4 Å². The Morgan fingerprint density at radius 1 is 1.17 bits per heavy atom. The molecule has 1 aliphatic rings. The lowest BCUT2D eigenvalue weighted by Crippen LogP contribution is -2.51. The van der Waals surface area contributed by atoms with Crippen LogP contribution in [-0.4, -0.2) is 71.3 Å². The highest BCUT2D eigenvalue weighted by molar-refractivity contribution is 5.93. The second-order valence-corrected chi connectivity index (χ2v) is 5.35. The lowest BCUT2D eigenvalue weighted by atomic mass is 10.2. The lowest BCUT2D eigenvalue weighted by Gasteiger charge is -2.24. The van der Waals surface area contributed by atoms with Crippen molar-refractivity contribution in [3.63, 3.8) is 0 Å². The molecule has 134 valence electrons. The maximum absolute atomic E-state index is 12.1. The van der Waals surface area contributed by atoms with Crippen LogP contribution in [0.5, 0.6) is 0 Å². The minimum Gasteiger partial charge on any atom is -0.480 e. The van der Waals surface area contributed by atoms with Crippen molar-refractivity contribution in [3.05, 3.63) is 0 Å². The Morgan fingerprint density at radius 3 is 2.42 bits per heavy atom. The molecule has 4 amide bonds. The summed E-state index contributed by atoms with van der Waals surface area (Å²) in [6, 6.07) is -1.92. The van der Waals surface area contributed by atoms with Gasteiger partial charge < -0.3 is 32.1 Å². The van der Waals surface area contributed by atoms with Crippen LogP contribution >= 0.6 is 0 Å². The largest absolute Gasteiger partial charge is 0.480 e. The van der Waals surface area contributed by atoms with E-state index in [0.717, 1.165) is 0 Å². The number of nitrogens with two attached hydrogens (primary N) is 2. The molecule has 1 rings (SSSR count). The fourth-order valence-corrected chi connectivity index (χ4v) is 2.32. The molecule has 0 aromatic carbocycles. The van der Waals surface area contributed by atoms with Crippen molar-refractivity contribution in [1.82, 2.24) is 15.5 Å². The van der Waals surface area contributed by atoms with Crippen molar-refractivity contribution >= 4 is 29.6 Å². The number of carboxylic acid groups (broad SMARTS) is 1. The van der Waals surface area contributed by atoms with Crippen molar-refractivity contribution < 1.29 is 29.1 Å². The highest BCUT2D eigenvalue weighted by atomic mass is 16.4. The van der Waals surface area contributed by atoms with E-state index in [1.165, 1.54) is 4.90 Å². The van der Waals surface area contributed by atoms with E-state index in [9.17, 15) is 24.0 Å². The van der Waals surface area contributed by atoms with Crippen molar-refractivity contribution in [1.29, 1.82) is 0 Å². The third-order valence-electron chi connectivity index (χ3n) is 3.46. The van der Waals surface area contributed by atoms with Gasteiger partial charge in [0.05, 0.1) is 19.0 Å². The number of rotatable bonds is 8. The van der Waals surface area contributed by atoms with Crippen molar-refractivity contribution in [2.24, 2.45) is 11.5 Å². The third-order valence-corrected chi connectivity index (χ3v) is 3.46. The third kappa shape index (κ3) is 5.83. The van der Waals surface area contributed by atoms with Crippen LogP contribution in [0.3, 0.4) is 0 Å². The standard InChI is InChI=1S/C13H21N5O6/c14-7(4-9(15)19)12(23)16-5-10(20)18-3-1-2-8(18)13(24)17-6-11(21)22/h7-8H,1-6,14H2,(H2,15,19)(H,16,23)(H,17,24)(H,21,22). The number of likely N-dealkylation sites (tertiary alicyclic amines) is 1. The summed E-state index contributed by atoms with van der Waals surface area (Å²) in [5.41, 5.74) is 10.4. The average Bonchev–Trinajstić information content (AvgIpc) is 2.98. The van der Waals surface area contributed by atoms with E-state index in [4.69, 9.17) is 16.6 Å². The minimum atomic E-state index is -1.19. The van der Waals surface area contributed by atoms with Crippen LogP contribution < -0.4 is 22.1 Å². The van der Waals surface area contributed by atoms with Crippen LogP contribution in [0.1, 0.15) is 19.3 Å². The van der Waals surface area contributed by atoms with E-state index in [2.05, 4.69) is 10.6 Å². The molecular formula is C13H21N5O6. The summed E-state index contributed by atoms with van der Waals surface area (Å²) in [6.07, 6.45) is 0.655. The summed E-state index contributed by atoms with van der Waals surface area (Å²) in [7, 11) is 0. The topological polar surface area (TPSA) is 185 Å². The van der Waals surface area contributed by atoms with Gasteiger partial charge in [-0.1, -0.05) is 0 Å². The van der Waals surface area contributed by atoms with Gasteiger partial charge in [0.25, 0.3) is 0 Å². The fraction of sp³-hybridized carbons (Fsp3) is 0.615. The Kier molecular flexibility index (Phi) is 7.11. The van der Waals surface area contributed by atoms with Crippen LogP contribution in [0.4, 0.5) is 0 Å². The molecule has 2 atom stereocenters. The van der Waals surface area contributed by atoms with Gasteiger partial charge >= 0.3 is 5.97 Å². The van der Waals surface area contributed by atoms with Crippen molar-refractivity contribution in [2.75, 3.05) is 19.6 Å². The number of carboxylic acids is 1. The zero-order chi connectivity index (χ0) is 18.3. The first-order chi connectivity index (χ1) is 11.2. The molecule has 7 N–H and O–H groups in total. The molecule has 0 bridgehead atoms. The zero-order valence-corrected chi connectivity index (χ0v) is 13.0. The van der Waals surface area contributed by atoms with Gasteiger partial charge in [-0.15, -0.1) is 0 Å². The molecule has 0 radical (unpaired) electrons. The molecule has 1 aliphatic heterocycles. The first-order valence-corrected chi connectivity index (χ1v) is 7.33. The molecule has 0 spiro atoms. The molecule has 11 nitrogen and oxygen atoms in total. The molecule has 24 heavy (non-hydrogen) atoms. The molecule has 1 heterocycles. The maximum Gasteiger partial charge on any atom is 0.322 e. The molecule has 0 aromatic rings. The molecule has 11 heteroatoms. The zero-order valence-electron chi connectivity index (χ0n) is 13.0. The lowest BCUT2D eigenvalue weighted by molar-refractivity contribution is -0.141. The Bertz CT molecular complexity index is 537. The SMILES string of the molecule is NC(=O)CC(N)C(=O)NCC(=O)N1CCCC1C(=O)NCC(=O)O. The van der Waals surface area contributed by atoms with Crippen LogP contribution in [0.2, 0.25) is 0 Å². The van der Waals surface area contributed by atoms with Gasteiger partial charge in [0.2, 0.25) is 23.6 Å². The molecule has 2 unspecified atom stereocenters. The number of hydrogen-bond donors (Lipinski definition) is 5. The Balaban J connectivity index is 2.50. The van der Waals surface area contributed by atoms with Crippen LogP contribution in [0.15, 0.2) is 0 Å². The van der Waals surface area contributed by atoms with Crippen molar-refractivity contribution in [2.45, 2.75) is 31.3 Å². The maximum atomic E-state index is 12.1. The first kappa shape index (κ1) is 19.4. The number of hydrogen-bond acceptors (Lipinski definition) is 6. The number of nitrogens with zero attached hydrogens (tertiary/aromatic N) is 1. The predicted molar refractivity (Wildman–Crippen MR) is 80.2 cm³/mol. The van der Waals surface area contributed by atoms with E-state index in [-0.39, 0.29) is 13.0 Å². The van der Waals surface area contributed by atoms with Gasteiger partial charge in [-0.2, -0.15) is 0 Å². The number of amides is 4. The summed E-state index contributed by atoms with van der Waals surface area (Å²) in [5.74, 6) is -3.68. The summed E-state index contributed by atoms with van der Waals surface area (Å²) in [4.78, 5) is 58.1. The minimum absolute atomic E-state index is 0.327. The Labute approximate surface area is 137 Å². The summed E-state index contributed by atoms with van der Waals surface area (Å²) in [5, 5.41) is 13.1. The van der Waals surface area contributed by atoms with E-state index >= 15 is 0 Å². The van der Waals surface area contributed by atoms with E-state index < -0.39 is 48.2 Å². The van der Waals surface area contributed by atoms with Crippen LogP contribution in [-0.2, 0) is 24.0 Å². The number of carbonyl (C=O) groups excluding carboxylic acids is 4. The van der Waals surface area contributed by atoms with Gasteiger partial charge in [0, 0.05) is 6.54 Å². The number of carbonyl (C=O) groups is 5. The second kappa shape index (κ2) is 8.82. The normalized spacial score (nSPS) is 17.9. The predicted octanol–water partition coefficient (Wildman–Crippen LogP) is -3.50. The van der Waals surface area contributed by atoms with Gasteiger partial charge in [-0.25, -0.2) is 0 Å². The molecule has 0 saturated carbocycles. The summed E-state index contributed by atoms with van der Waals surface area (Å²) < 4.78 is 0. The number of primary amides is 1. The molecule has 1 saturated heterocycles. The highest BCUT2D eigenvalue weighted by Crippen LogP contribution is 2.17. The van der Waals surface area contributed by atoms with Gasteiger partial charge in [0.1, 0.15) is 12.6 Å². The average molecular weight is 343 g/mol. The van der Waals surface area contributed by atoms with Crippen LogP contribution in [0.25, 0.3) is 0 Å². The highest BCUT2D eigenvalue weighted by Gasteiger charge is 2.34. The molecule has 0 aliphatic carbocycles. The Hall–Kier alpha value is -2.69. The molecular weight excluding hydrogens is 322 g/mol. The first-order valence-electron chi connectivity index (χ1n) is 7.33. The fourth-order valence-electron chi connectivity index (χ4n) is 2.32. The van der Waals surface area contributed by atoms with Crippen LogP contribution in [0, 0.1) is 0 Å². The van der Waals surface area contributed by atoms with Gasteiger partial charge in [-0.3, -0.25) is 24.0 Å². The summed E-state index contributed by atoms with van der Waals surface area (Å²) >= 11 is 0. The monoisotopic (exact) mass is 343 g/mol. The van der Waals surface area contributed by atoms with E-state index in [1.807, 2.05) is 0 Å².